The second-order valence-electron chi connectivity index (χ2n) is 3.38. The van der Waals surface area contributed by atoms with Gasteiger partial charge in [-0.2, -0.15) is 0 Å². The zero-order valence-corrected chi connectivity index (χ0v) is 7.53. The van der Waals surface area contributed by atoms with Gasteiger partial charge >= 0.3 is 5.97 Å². The molecule has 0 amide bonds. The van der Waals surface area contributed by atoms with E-state index in [4.69, 9.17) is 10.8 Å². The van der Waals surface area contributed by atoms with Crippen molar-refractivity contribution >= 4 is 17.5 Å². The Kier molecular flexibility index (Phi) is 1.99. The smallest absolute Gasteiger partial charge is 0.337 e. The maximum atomic E-state index is 10.7. The zero-order valence-electron chi connectivity index (χ0n) is 7.53. The Labute approximate surface area is 81.0 Å². The summed E-state index contributed by atoms with van der Waals surface area (Å²) in [6.45, 7) is 0. The molecule has 1 aromatic heterocycles. The molecule has 5 heteroatoms. The average Bonchev–Trinajstić information content (AvgIpc) is 2.92. The summed E-state index contributed by atoms with van der Waals surface area (Å²) in [5.74, 6) is -0.442. The highest BCUT2D eigenvalue weighted by atomic mass is 16.4. The Morgan fingerprint density at radius 1 is 1.64 bits per heavy atom. The summed E-state index contributed by atoms with van der Waals surface area (Å²) in [6, 6.07) is 1.92. The molecule has 5 nitrogen and oxygen atoms in total. The second kappa shape index (κ2) is 3.17. The number of nitrogens with zero attached hydrogens (tertiary/aromatic N) is 1. The van der Waals surface area contributed by atoms with Gasteiger partial charge in [0.15, 0.2) is 0 Å². The zero-order chi connectivity index (χ0) is 10.1. The van der Waals surface area contributed by atoms with Crippen LogP contribution >= 0.6 is 0 Å². The predicted octanol–water partition coefficient (Wildman–Crippen LogP) is 0.936. The number of aromatic carboxylic acids is 1. The molecule has 1 saturated carbocycles. The van der Waals surface area contributed by atoms with Crippen LogP contribution in [0.3, 0.4) is 0 Å². The van der Waals surface area contributed by atoms with Crippen molar-refractivity contribution in [3.05, 3.63) is 17.8 Å². The molecule has 14 heavy (non-hydrogen) atoms. The topological polar surface area (TPSA) is 88.2 Å². The van der Waals surface area contributed by atoms with Crippen LogP contribution < -0.4 is 11.1 Å². The molecule has 2 rings (SSSR count). The number of nitrogen functional groups attached to an aromatic ring is 1. The Morgan fingerprint density at radius 2 is 2.36 bits per heavy atom. The van der Waals surface area contributed by atoms with Gasteiger partial charge in [-0.25, -0.2) is 9.78 Å². The van der Waals surface area contributed by atoms with Gasteiger partial charge in [-0.15, -0.1) is 0 Å². The molecule has 0 radical (unpaired) electrons. The van der Waals surface area contributed by atoms with Gasteiger partial charge in [0.25, 0.3) is 0 Å². The van der Waals surface area contributed by atoms with Crippen molar-refractivity contribution in [3.63, 3.8) is 0 Å². The number of carboxylic acids is 1. The summed E-state index contributed by atoms with van der Waals surface area (Å²) in [6.07, 6.45) is 3.61. The lowest BCUT2D eigenvalue weighted by Crippen LogP contribution is -2.08. The van der Waals surface area contributed by atoms with Crippen molar-refractivity contribution in [2.45, 2.75) is 18.9 Å². The van der Waals surface area contributed by atoms with Crippen molar-refractivity contribution in [3.8, 4) is 0 Å². The fraction of sp³-hybridized carbons (Fsp3) is 0.333. The minimum absolute atomic E-state index is 0.100. The SMILES string of the molecule is Nc1cnc(NC2CC2)cc1C(=O)O. The molecule has 0 spiro atoms. The largest absolute Gasteiger partial charge is 0.478 e. The number of carboxylic acid groups (broad SMARTS) is 1. The normalized spacial score (nSPS) is 15.1. The molecule has 1 aliphatic carbocycles. The first-order valence-electron chi connectivity index (χ1n) is 4.42. The summed E-state index contributed by atoms with van der Waals surface area (Å²) < 4.78 is 0. The van der Waals surface area contributed by atoms with Crippen LogP contribution in [0, 0.1) is 0 Å². The van der Waals surface area contributed by atoms with Crippen LogP contribution in [0.1, 0.15) is 23.2 Å². The van der Waals surface area contributed by atoms with Crippen LogP contribution in [-0.4, -0.2) is 22.1 Å². The lowest BCUT2D eigenvalue weighted by atomic mass is 10.2. The van der Waals surface area contributed by atoms with E-state index >= 15 is 0 Å². The van der Waals surface area contributed by atoms with Crippen molar-refractivity contribution in [2.75, 3.05) is 11.1 Å². The van der Waals surface area contributed by atoms with Gasteiger partial charge in [0.05, 0.1) is 17.4 Å². The fourth-order valence-corrected chi connectivity index (χ4v) is 1.17. The summed E-state index contributed by atoms with van der Waals surface area (Å²) >= 11 is 0. The van der Waals surface area contributed by atoms with Gasteiger partial charge in [-0.1, -0.05) is 0 Å². The maximum absolute atomic E-state index is 10.7. The predicted molar refractivity (Wildman–Crippen MR) is 52.3 cm³/mol. The van der Waals surface area contributed by atoms with Gasteiger partial charge in [-0.05, 0) is 18.9 Å². The molecular formula is C9H11N3O2. The highest BCUT2D eigenvalue weighted by Gasteiger charge is 2.21. The molecule has 0 aromatic carbocycles. The first-order chi connectivity index (χ1) is 6.66. The molecule has 0 bridgehead atoms. The number of pyridine rings is 1. The quantitative estimate of drug-likeness (QED) is 0.664. The minimum atomic E-state index is -1.02. The summed E-state index contributed by atoms with van der Waals surface area (Å²) in [7, 11) is 0. The van der Waals surface area contributed by atoms with Gasteiger partial charge in [0.2, 0.25) is 0 Å². The lowest BCUT2D eigenvalue weighted by Gasteiger charge is -2.05. The molecule has 1 aromatic rings. The Hall–Kier alpha value is -1.78. The molecule has 0 atom stereocenters. The van der Waals surface area contributed by atoms with Crippen molar-refractivity contribution in [1.29, 1.82) is 0 Å². The van der Waals surface area contributed by atoms with E-state index in [1.54, 1.807) is 0 Å². The number of nitrogens with one attached hydrogen (secondary N) is 1. The summed E-state index contributed by atoms with van der Waals surface area (Å²) in [5, 5.41) is 11.9. The molecule has 1 aliphatic rings. The van der Waals surface area contributed by atoms with Crippen LogP contribution in [-0.2, 0) is 0 Å². The van der Waals surface area contributed by atoms with E-state index in [9.17, 15) is 4.79 Å². The first-order valence-corrected chi connectivity index (χ1v) is 4.42. The van der Waals surface area contributed by atoms with Crippen molar-refractivity contribution in [2.24, 2.45) is 0 Å². The number of anilines is 2. The average molecular weight is 193 g/mol. The van der Waals surface area contributed by atoms with Crippen LogP contribution in [0.25, 0.3) is 0 Å². The van der Waals surface area contributed by atoms with E-state index in [1.807, 2.05) is 0 Å². The van der Waals surface area contributed by atoms with E-state index in [0.717, 1.165) is 12.8 Å². The number of carbonyl (C=O) groups is 1. The molecule has 74 valence electrons. The first kappa shape index (κ1) is 8.80. The van der Waals surface area contributed by atoms with E-state index in [0.29, 0.717) is 11.9 Å². The second-order valence-corrected chi connectivity index (χ2v) is 3.38. The van der Waals surface area contributed by atoms with E-state index in [2.05, 4.69) is 10.3 Å². The van der Waals surface area contributed by atoms with Gasteiger partial charge < -0.3 is 16.2 Å². The number of aromatic nitrogens is 1. The third-order valence-electron chi connectivity index (χ3n) is 2.09. The van der Waals surface area contributed by atoms with Crippen LogP contribution in [0.15, 0.2) is 12.3 Å². The number of hydrogen-bond donors (Lipinski definition) is 3. The molecule has 0 saturated heterocycles. The molecule has 1 fully saturated rings. The standard InChI is InChI=1S/C9H11N3O2/c10-7-4-11-8(12-5-1-2-5)3-6(7)9(13)14/h3-5H,1-2,10H2,(H,11,12)(H,13,14). The van der Waals surface area contributed by atoms with Gasteiger partial charge in [-0.3, -0.25) is 0 Å². The molecular weight excluding hydrogens is 182 g/mol. The Bertz CT molecular complexity index is 374. The highest BCUT2D eigenvalue weighted by molar-refractivity contribution is 5.94. The maximum Gasteiger partial charge on any atom is 0.337 e. The van der Waals surface area contributed by atoms with Gasteiger partial charge in [0.1, 0.15) is 5.82 Å². The van der Waals surface area contributed by atoms with Crippen molar-refractivity contribution < 1.29 is 9.90 Å². The molecule has 1 heterocycles. The van der Waals surface area contributed by atoms with E-state index in [1.165, 1.54) is 12.3 Å². The Balaban J connectivity index is 2.24. The molecule has 0 aliphatic heterocycles. The third kappa shape index (κ3) is 1.76. The third-order valence-corrected chi connectivity index (χ3v) is 2.09. The summed E-state index contributed by atoms with van der Waals surface area (Å²) in [4.78, 5) is 14.7. The minimum Gasteiger partial charge on any atom is -0.478 e. The van der Waals surface area contributed by atoms with E-state index in [-0.39, 0.29) is 11.3 Å². The van der Waals surface area contributed by atoms with Crippen LogP contribution in [0.4, 0.5) is 11.5 Å². The highest BCUT2D eigenvalue weighted by Crippen LogP contribution is 2.24. The molecule has 0 unspecified atom stereocenters. The van der Waals surface area contributed by atoms with Crippen LogP contribution in [0.2, 0.25) is 0 Å². The lowest BCUT2D eigenvalue weighted by molar-refractivity contribution is 0.0698. The van der Waals surface area contributed by atoms with E-state index < -0.39 is 5.97 Å². The van der Waals surface area contributed by atoms with Crippen LogP contribution in [0.5, 0.6) is 0 Å². The van der Waals surface area contributed by atoms with Crippen molar-refractivity contribution in [1.82, 2.24) is 4.98 Å². The van der Waals surface area contributed by atoms with Gasteiger partial charge in [0, 0.05) is 6.04 Å². The molecule has 4 N–H and O–H groups in total. The monoisotopic (exact) mass is 193 g/mol. The Morgan fingerprint density at radius 3 is 2.93 bits per heavy atom. The summed E-state index contributed by atoms with van der Waals surface area (Å²) in [5.41, 5.74) is 5.76. The number of rotatable bonds is 3. The fourth-order valence-electron chi connectivity index (χ4n) is 1.17. The number of nitrogens with two attached hydrogens (primary N) is 1. The number of hydrogen-bond acceptors (Lipinski definition) is 4.